The van der Waals surface area contributed by atoms with Gasteiger partial charge in [0.25, 0.3) is 0 Å². The van der Waals surface area contributed by atoms with E-state index in [1.807, 2.05) is 24.3 Å². The molecular weight excluding hydrogens is 258 g/mol. The van der Waals surface area contributed by atoms with E-state index >= 15 is 0 Å². The maximum atomic E-state index is 12.0. The third-order valence-electron chi connectivity index (χ3n) is 3.64. The Balaban J connectivity index is 1.97. The van der Waals surface area contributed by atoms with Crippen LogP contribution in [-0.4, -0.2) is 29.6 Å². The molecule has 2 rings (SSSR count). The lowest BCUT2D eigenvalue weighted by atomic mass is 10.0. The number of benzene rings is 1. The zero-order chi connectivity index (χ0) is 14.9. The number of amides is 1. The number of hydrogen-bond acceptors (Lipinski definition) is 3. The first kappa shape index (κ1) is 14.4. The fourth-order valence-electron chi connectivity index (χ4n) is 2.16. The van der Waals surface area contributed by atoms with Crippen molar-refractivity contribution in [2.24, 2.45) is 5.92 Å². The van der Waals surface area contributed by atoms with Gasteiger partial charge < -0.3 is 15.2 Å². The van der Waals surface area contributed by atoms with Gasteiger partial charge in [-0.15, -0.1) is 0 Å². The van der Waals surface area contributed by atoms with E-state index in [4.69, 9.17) is 9.84 Å². The number of nitrogens with one attached hydrogen (secondary N) is 1. The summed E-state index contributed by atoms with van der Waals surface area (Å²) in [7, 11) is 1.61. The molecule has 1 fully saturated rings. The summed E-state index contributed by atoms with van der Waals surface area (Å²) in [5.41, 5.74) is -0.150. The minimum absolute atomic E-state index is 0.137. The lowest BCUT2D eigenvalue weighted by Gasteiger charge is -2.21. The van der Waals surface area contributed by atoms with Crippen LogP contribution >= 0.6 is 0 Å². The van der Waals surface area contributed by atoms with Crippen molar-refractivity contribution in [1.82, 2.24) is 5.32 Å². The van der Waals surface area contributed by atoms with E-state index in [-0.39, 0.29) is 17.7 Å². The zero-order valence-electron chi connectivity index (χ0n) is 11.8. The van der Waals surface area contributed by atoms with Crippen molar-refractivity contribution in [1.29, 1.82) is 0 Å². The second-order valence-corrected chi connectivity index (χ2v) is 5.64. The molecule has 5 heteroatoms. The van der Waals surface area contributed by atoms with Crippen molar-refractivity contribution >= 4 is 11.9 Å². The van der Waals surface area contributed by atoms with Crippen LogP contribution in [0.5, 0.6) is 5.75 Å². The molecule has 1 aliphatic rings. The normalized spacial score (nSPS) is 21.1. The van der Waals surface area contributed by atoms with E-state index in [1.54, 1.807) is 7.11 Å². The van der Waals surface area contributed by atoms with Gasteiger partial charge in [0.15, 0.2) is 0 Å². The lowest BCUT2D eigenvalue weighted by Crippen LogP contribution is -2.50. The van der Waals surface area contributed by atoms with Gasteiger partial charge in [-0.3, -0.25) is 4.79 Å². The summed E-state index contributed by atoms with van der Waals surface area (Å²) in [5.74, 6) is -0.416. The Morgan fingerprint density at radius 3 is 2.40 bits per heavy atom. The Bertz CT molecular complexity index is 521. The van der Waals surface area contributed by atoms with Crippen molar-refractivity contribution in [3.63, 3.8) is 0 Å². The van der Waals surface area contributed by atoms with Crippen LogP contribution in [0.3, 0.4) is 0 Å². The molecule has 20 heavy (non-hydrogen) atoms. The Kier molecular flexibility index (Phi) is 3.70. The predicted octanol–water partition coefficient (Wildman–Crippen LogP) is 1.78. The monoisotopic (exact) mass is 277 g/mol. The van der Waals surface area contributed by atoms with Gasteiger partial charge in [0.2, 0.25) is 5.91 Å². The van der Waals surface area contributed by atoms with E-state index in [9.17, 15) is 9.59 Å². The maximum absolute atomic E-state index is 12.0. The molecule has 108 valence electrons. The van der Waals surface area contributed by atoms with E-state index < -0.39 is 11.5 Å². The van der Waals surface area contributed by atoms with Gasteiger partial charge in [0.1, 0.15) is 11.3 Å². The topological polar surface area (TPSA) is 75.6 Å². The van der Waals surface area contributed by atoms with Crippen LogP contribution < -0.4 is 10.1 Å². The summed E-state index contributed by atoms with van der Waals surface area (Å²) in [6.45, 7) is 2.97. The van der Waals surface area contributed by atoms with Crippen LogP contribution in [-0.2, 0) is 9.59 Å². The summed E-state index contributed by atoms with van der Waals surface area (Å²) in [6.07, 6.45) is 0.758. The van der Waals surface area contributed by atoms with Gasteiger partial charge in [-0.25, -0.2) is 4.79 Å². The van der Waals surface area contributed by atoms with E-state index in [0.29, 0.717) is 0 Å². The Morgan fingerprint density at radius 1 is 1.30 bits per heavy atom. The highest BCUT2D eigenvalue weighted by Gasteiger charge is 2.46. The van der Waals surface area contributed by atoms with Crippen molar-refractivity contribution in [3.8, 4) is 5.75 Å². The molecule has 2 atom stereocenters. The highest BCUT2D eigenvalue weighted by Crippen LogP contribution is 2.48. The number of carboxylic acids is 1. The number of carbonyl (C=O) groups excluding carboxylic acids is 1. The SMILES string of the molecule is COc1ccc(C2CC2C(=O)NC(C)(C)C(=O)O)cc1. The minimum atomic E-state index is -1.23. The Hall–Kier alpha value is -2.04. The van der Waals surface area contributed by atoms with Gasteiger partial charge in [0.05, 0.1) is 7.11 Å². The molecule has 0 heterocycles. The van der Waals surface area contributed by atoms with Crippen molar-refractivity contribution in [2.45, 2.75) is 31.7 Å². The largest absolute Gasteiger partial charge is 0.497 e. The fourth-order valence-corrected chi connectivity index (χ4v) is 2.16. The molecule has 0 spiro atoms. The molecule has 1 saturated carbocycles. The third-order valence-corrected chi connectivity index (χ3v) is 3.64. The number of hydrogen-bond donors (Lipinski definition) is 2. The van der Waals surface area contributed by atoms with Crippen molar-refractivity contribution < 1.29 is 19.4 Å². The molecule has 1 aromatic carbocycles. The molecule has 2 N–H and O–H groups in total. The molecule has 2 unspecified atom stereocenters. The fraction of sp³-hybridized carbons (Fsp3) is 0.467. The quantitative estimate of drug-likeness (QED) is 0.860. The van der Waals surface area contributed by atoms with E-state index in [1.165, 1.54) is 13.8 Å². The zero-order valence-corrected chi connectivity index (χ0v) is 11.8. The number of methoxy groups -OCH3 is 1. The summed E-state index contributed by atoms with van der Waals surface area (Å²) >= 11 is 0. The highest BCUT2D eigenvalue weighted by molar-refractivity contribution is 5.89. The molecule has 0 radical (unpaired) electrons. The first-order valence-electron chi connectivity index (χ1n) is 6.54. The average Bonchev–Trinajstić information content (AvgIpc) is 3.18. The average molecular weight is 277 g/mol. The standard InChI is InChI=1S/C15H19NO4/c1-15(2,14(18)19)16-13(17)12-8-11(12)9-4-6-10(20-3)7-5-9/h4-7,11-12H,8H2,1-3H3,(H,16,17)(H,18,19). The molecule has 1 aromatic rings. The number of rotatable bonds is 5. The Morgan fingerprint density at radius 2 is 1.90 bits per heavy atom. The lowest BCUT2D eigenvalue weighted by molar-refractivity contribution is -0.146. The second kappa shape index (κ2) is 5.15. The van der Waals surface area contributed by atoms with Gasteiger partial charge >= 0.3 is 5.97 Å². The first-order chi connectivity index (χ1) is 9.35. The minimum Gasteiger partial charge on any atom is -0.497 e. The smallest absolute Gasteiger partial charge is 0.328 e. The van der Waals surface area contributed by atoms with Crippen LogP contribution in [0.25, 0.3) is 0 Å². The summed E-state index contributed by atoms with van der Waals surface area (Å²) in [6, 6.07) is 7.62. The molecule has 5 nitrogen and oxygen atoms in total. The van der Waals surface area contributed by atoms with E-state index in [0.717, 1.165) is 17.7 Å². The van der Waals surface area contributed by atoms with Gasteiger partial charge in [0, 0.05) is 5.92 Å². The Labute approximate surface area is 117 Å². The summed E-state index contributed by atoms with van der Waals surface area (Å²) in [5, 5.41) is 11.6. The molecule has 0 saturated heterocycles. The number of carbonyl (C=O) groups is 2. The molecule has 1 amide bonds. The summed E-state index contributed by atoms with van der Waals surface area (Å²) < 4.78 is 5.09. The number of aliphatic carboxylic acids is 1. The van der Waals surface area contributed by atoms with Crippen LogP contribution in [0.1, 0.15) is 31.7 Å². The van der Waals surface area contributed by atoms with Crippen LogP contribution in [0.2, 0.25) is 0 Å². The number of ether oxygens (including phenoxy) is 1. The molecule has 0 aliphatic heterocycles. The highest BCUT2D eigenvalue weighted by atomic mass is 16.5. The van der Waals surface area contributed by atoms with Gasteiger partial charge in [-0.1, -0.05) is 12.1 Å². The van der Waals surface area contributed by atoms with Gasteiger partial charge in [-0.05, 0) is 43.9 Å². The molecule has 0 aromatic heterocycles. The third kappa shape index (κ3) is 2.92. The molecule has 0 bridgehead atoms. The summed E-state index contributed by atoms with van der Waals surface area (Å²) in [4.78, 5) is 23.0. The van der Waals surface area contributed by atoms with Crippen molar-refractivity contribution in [3.05, 3.63) is 29.8 Å². The van der Waals surface area contributed by atoms with E-state index in [2.05, 4.69) is 5.32 Å². The van der Waals surface area contributed by atoms with Crippen LogP contribution in [0.15, 0.2) is 24.3 Å². The van der Waals surface area contributed by atoms with Crippen molar-refractivity contribution in [2.75, 3.05) is 7.11 Å². The van der Waals surface area contributed by atoms with Gasteiger partial charge in [-0.2, -0.15) is 0 Å². The molecule has 1 aliphatic carbocycles. The number of carboxylic acid groups (broad SMARTS) is 1. The van der Waals surface area contributed by atoms with Crippen LogP contribution in [0.4, 0.5) is 0 Å². The molecular formula is C15H19NO4. The maximum Gasteiger partial charge on any atom is 0.328 e. The first-order valence-corrected chi connectivity index (χ1v) is 6.54. The second-order valence-electron chi connectivity index (χ2n) is 5.64. The van der Waals surface area contributed by atoms with Crippen LogP contribution in [0, 0.1) is 5.92 Å². The predicted molar refractivity (Wildman–Crippen MR) is 73.7 cm³/mol.